The third kappa shape index (κ3) is 4.25. The van der Waals surface area contributed by atoms with Gasteiger partial charge in [0, 0.05) is 25.1 Å². The molecular weight excluding hydrogens is 319 g/mol. The number of nitrogens with one attached hydrogen (secondary N) is 2. The number of hydrogen-bond donors (Lipinski definition) is 2. The summed E-state index contributed by atoms with van der Waals surface area (Å²) in [7, 11) is 2.74. The first-order chi connectivity index (χ1) is 11.5. The van der Waals surface area contributed by atoms with Crippen molar-refractivity contribution in [2.75, 3.05) is 26.1 Å². The molecule has 0 aliphatic heterocycles. The van der Waals surface area contributed by atoms with Gasteiger partial charge in [-0.15, -0.1) is 0 Å². The van der Waals surface area contributed by atoms with E-state index < -0.39 is 17.6 Å². The highest BCUT2D eigenvalue weighted by atomic mass is 19.1. The number of anilines is 1. The molecule has 0 radical (unpaired) electrons. The minimum Gasteiger partial charge on any atom is -0.493 e. The van der Waals surface area contributed by atoms with Crippen molar-refractivity contribution in [3.63, 3.8) is 0 Å². The molecular formula is C16H17FN2O5. The van der Waals surface area contributed by atoms with Gasteiger partial charge in [0.2, 0.25) is 0 Å². The molecule has 0 fully saturated rings. The summed E-state index contributed by atoms with van der Waals surface area (Å²) in [5.41, 5.74) is -0.182. The minimum atomic E-state index is -0.986. The molecule has 2 rings (SSSR count). The van der Waals surface area contributed by atoms with Crippen LogP contribution >= 0.6 is 0 Å². The van der Waals surface area contributed by atoms with E-state index in [-0.39, 0.29) is 23.7 Å². The van der Waals surface area contributed by atoms with Crippen molar-refractivity contribution in [2.45, 2.75) is 6.42 Å². The summed E-state index contributed by atoms with van der Waals surface area (Å²) in [6.07, 6.45) is 1.96. The van der Waals surface area contributed by atoms with Crippen molar-refractivity contribution in [1.82, 2.24) is 5.32 Å². The third-order valence-corrected chi connectivity index (χ3v) is 3.16. The first-order valence-corrected chi connectivity index (χ1v) is 7.08. The number of hydrogen-bond acceptors (Lipinski definition) is 5. The Bertz CT molecular complexity index is 716. The van der Waals surface area contributed by atoms with Gasteiger partial charge in [-0.25, -0.2) is 4.39 Å². The number of carbonyl (C=O) groups excluding carboxylic acids is 2. The lowest BCUT2D eigenvalue weighted by atomic mass is 10.2. The van der Waals surface area contributed by atoms with E-state index >= 15 is 0 Å². The molecule has 24 heavy (non-hydrogen) atoms. The molecule has 0 saturated heterocycles. The fraction of sp³-hybridized carbons (Fsp3) is 0.250. The molecule has 7 nitrogen and oxygen atoms in total. The summed E-state index contributed by atoms with van der Waals surface area (Å²) >= 11 is 0. The summed E-state index contributed by atoms with van der Waals surface area (Å²) in [5.74, 6) is -1.52. The van der Waals surface area contributed by atoms with Crippen molar-refractivity contribution in [3.05, 3.63) is 42.1 Å². The molecule has 0 unspecified atom stereocenters. The Morgan fingerprint density at radius 3 is 2.50 bits per heavy atom. The lowest BCUT2D eigenvalue weighted by molar-refractivity contribution is -0.136. The van der Waals surface area contributed by atoms with Crippen LogP contribution in [0.15, 0.2) is 34.9 Å². The summed E-state index contributed by atoms with van der Waals surface area (Å²) in [6, 6.07) is 5.78. The Hall–Kier alpha value is -3.03. The molecule has 0 aliphatic rings. The fourth-order valence-electron chi connectivity index (χ4n) is 1.96. The predicted octanol–water partition coefficient (Wildman–Crippen LogP) is 1.73. The molecule has 1 aromatic carbocycles. The molecule has 2 aromatic rings. The second kappa shape index (κ2) is 8.00. The lowest BCUT2D eigenvalue weighted by Gasteiger charge is -2.11. The smallest absolute Gasteiger partial charge is 0.313 e. The maximum atomic E-state index is 13.9. The van der Waals surface area contributed by atoms with Crippen LogP contribution in [0.5, 0.6) is 11.5 Å². The zero-order valence-electron chi connectivity index (χ0n) is 13.2. The van der Waals surface area contributed by atoms with Gasteiger partial charge in [-0.1, -0.05) is 0 Å². The highest BCUT2D eigenvalue weighted by molar-refractivity contribution is 6.39. The number of benzene rings is 1. The Morgan fingerprint density at radius 2 is 1.88 bits per heavy atom. The predicted molar refractivity (Wildman–Crippen MR) is 83.6 cm³/mol. The van der Waals surface area contributed by atoms with Crippen LogP contribution in [0, 0.1) is 5.82 Å². The van der Waals surface area contributed by atoms with Crippen LogP contribution in [0.4, 0.5) is 10.1 Å². The molecule has 0 spiro atoms. The number of ether oxygens (including phenoxy) is 2. The SMILES string of the molecule is COc1cc(F)c(NC(=O)C(=O)NCCc2ccco2)cc1OC. The monoisotopic (exact) mass is 336 g/mol. The summed E-state index contributed by atoms with van der Waals surface area (Å²) in [5, 5.41) is 4.62. The third-order valence-electron chi connectivity index (χ3n) is 3.16. The molecule has 0 bridgehead atoms. The molecule has 128 valence electrons. The van der Waals surface area contributed by atoms with Crippen LogP contribution in [-0.2, 0) is 16.0 Å². The van der Waals surface area contributed by atoms with Crippen LogP contribution in [0.2, 0.25) is 0 Å². The van der Waals surface area contributed by atoms with E-state index in [1.807, 2.05) is 0 Å². The van der Waals surface area contributed by atoms with Crippen molar-refractivity contribution in [3.8, 4) is 11.5 Å². The quantitative estimate of drug-likeness (QED) is 0.784. The van der Waals surface area contributed by atoms with Crippen LogP contribution in [0.3, 0.4) is 0 Å². The Kier molecular flexibility index (Phi) is 5.78. The largest absolute Gasteiger partial charge is 0.493 e. The molecule has 2 N–H and O–H groups in total. The fourth-order valence-corrected chi connectivity index (χ4v) is 1.96. The van der Waals surface area contributed by atoms with Crippen LogP contribution < -0.4 is 20.1 Å². The normalized spacial score (nSPS) is 10.1. The molecule has 1 heterocycles. The topological polar surface area (TPSA) is 89.8 Å². The zero-order valence-corrected chi connectivity index (χ0v) is 13.2. The standard InChI is InChI=1S/C16H17FN2O5/c1-22-13-8-11(17)12(9-14(13)23-2)19-16(21)15(20)18-6-5-10-4-3-7-24-10/h3-4,7-9H,5-6H2,1-2H3,(H,18,20)(H,19,21). The highest BCUT2D eigenvalue weighted by Crippen LogP contribution is 2.32. The summed E-state index contributed by atoms with van der Waals surface area (Å²) in [4.78, 5) is 23.6. The van der Waals surface area contributed by atoms with Crippen LogP contribution in [0.25, 0.3) is 0 Å². The van der Waals surface area contributed by atoms with Gasteiger partial charge < -0.3 is 24.5 Å². The Balaban J connectivity index is 1.94. The minimum absolute atomic E-state index is 0.177. The number of halogens is 1. The number of furan rings is 1. The van der Waals surface area contributed by atoms with Gasteiger partial charge in [-0.3, -0.25) is 9.59 Å². The van der Waals surface area contributed by atoms with Crippen molar-refractivity contribution < 1.29 is 27.9 Å². The van der Waals surface area contributed by atoms with E-state index in [1.54, 1.807) is 12.1 Å². The summed E-state index contributed by atoms with van der Waals surface area (Å²) in [6.45, 7) is 0.216. The zero-order chi connectivity index (χ0) is 17.5. The average molecular weight is 336 g/mol. The van der Waals surface area contributed by atoms with Gasteiger partial charge in [-0.05, 0) is 12.1 Å². The first-order valence-electron chi connectivity index (χ1n) is 7.08. The second-order valence-electron chi connectivity index (χ2n) is 4.73. The van der Waals surface area contributed by atoms with Gasteiger partial charge in [0.1, 0.15) is 5.76 Å². The molecule has 0 atom stereocenters. The maximum Gasteiger partial charge on any atom is 0.313 e. The Morgan fingerprint density at radius 1 is 1.17 bits per heavy atom. The van der Waals surface area contributed by atoms with Crippen molar-refractivity contribution >= 4 is 17.5 Å². The second-order valence-corrected chi connectivity index (χ2v) is 4.73. The molecule has 1 aromatic heterocycles. The first kappa shape index (κ1) is 17.3. The van der Waals surface area contributed by atoms with E-state index in [0.717, 1.165) is 6.07 Å². The van der Waals surface area contributed by atoms with E-state index in [2.05, 4.69) is 10.6 Å². The van der Waals surface area contributed by atoms with Crippen LogP contribution in [-0.4, -0.2) is 32.6 Å². The van der Waals surface area contributed by atoms with Gasteiger partial charge in [-0.2, -0.15) is 0 Å². The van der Waals surface area contributed by atoms with Crippen molar-refractivity contribution in [1.29, 1.82) is 0 Å². The van der Waals surface area contributed by atoms with Gasteiger partial charge in [0.25, 0.3) is 0 Å². The molecule has 0 saturated carbocycles. The molecule has 8 heteroatoms. The number of methoxy groups -OCH3 is 2. The molecule has 0 aliphatic carbocycles. The molecule has 2 amide bonds. The van der Waals surface area contributed by atoms with Crippen LogP contribution in [0.1, 0.15) is 5.76 Å². The van der Waals surface area contributed by atoms with E-state index in [1.165, 1.54) is 26.5 Å². The summed E-state index contributed by atoms with van der Waals surface area (Å²) < 4.78 is 29.0. The number of carbonyl (C=O) groups is 2. The van der Waals surface area contributed by atoms with Crippen molar-refractivity contribution in [2.24, 2.45) is 0 Å². The Labute approximate surface area is 137 Å². The highest BCUT2D eigenvalue weighted by Gasteiger charge is 2.18. The number of amides is 2. The average Bonchev–Trinajstić information content (AvgIpc) is 3.09. The van der Waals surface area contributed by atoms with E-state index in [0.29, 0.717) is 12.2 Å². The van der Waals surface area contributed by atoms with Gasteiger partial charge in [0.15, 0.2) is 17.3 Å². The lowest BCUT2D eigenvalue weighted by Crippen LogP contribution is -2.36. The van der Waals surface area contributed by atoms with E-state index in [4.69, 9.17) is 13.9 Å². The maximum absolute atomic E-state index is 13.9. The number of rotatable bonds is 6. The van der Waals surface area contributed by atoms with Gasteiger partial charge >= 0.3 is 11.8 Å². The van der Waals surface area contributed by atoms with Gasteiger partial charge in [0.05, 0.1) is 26.2 Å². The van der Waals surface area contributed by atoms with E-state index in [9.17, 15) is 14.0 Å².